The van der Waals surface area contributed by atoms with Crippen LogP contribution in [0.5, 0.6) is 5.75 Å². The van der Waals surface area contributed by atoms with Crippen LogP contribution in [0, 0.1) is 23.0 Å². The van der Waals surface area contributed by atoms with Crippen LogP contribution in [0.25, 0.3) is 0 Å². The molecule has 0 fully saturated rings. The molecule has 1 aliphatic rings. The zero-order valence-electron chi connectivity index (χ0n) is 17.0. The second-order valence-electron chi connectivity index (χ2n) is 8.45. The highest BCUT2D eigenvalue weighted by molar-refractivity contribution is 7.91. The summed E-state index contributed by atoms with van der Waals surface area (Å²) in [6.45, 7) is 11.1. The van der Waals surface area contributed by atoms with Crippen molar-refractivity contribution in [3.05, 3.63) is 29.3 Å². The zero-order valence-corrected chi connectivity index (χ0v) is 17.9. The molecule has 0 amide bonds. The van der Waals surface area contributed by atoms with Gasteiger partial charge in [-0.3, -0.25) is 4.79 Å². The van der Waals surface area contributed by atoms with Crippen molar-refractivity contribution in [3.63, 3.8) is 0 Å². The van der Waals surface area contributed by atoms with Crippen LogP contribution in [0.3, 0.4) is 0 Å². The molecule has 3 atom stereocenters. The van der Waals surface area contributed by atoms with Gasteiger partial charge in [-0.25, -0.2) is 8.78 Å². The first-order valence-electron chi connectivity index (χ1n) is 9.13. The van der Waals surface area contributed by atoms with Crippen molar-refractivity contribution in [1.82, 2.24) is 0 Å². The minimum absolute atomic E-state index is 0.153. The van der Waals surface area contributed by atoms with Gasteiger partial charge in [0, 0.05) is 23.0 Å². The van der Waals surface area contributed by atoms with Gasteiger partial charge in [-0.15, -0.1) is 0 Å². The summed E-state index contributed by atoms with van der Waals surface area (Å²) in [5, 5.41) is 0. The number of halogens is 2. The number of fused-ring (bicyclic) bond motifs is 1. The van der Waals surface area contributed by atoms with Crippen molar-refractivity contribution in [2.75, 3.05) is 13.2 Å². The minimum Gasteiger partial charge on any atom is -0.591 e. The van der Waals surface area contributed by atoms with Crippen LogP contribution >= 0.6 is 0 Å². The van der Waals surface area contributed by atoms with E-state index in [4.69, 9.17) is 9.47 Å². The molecule has 1 aromatic rings. The van der Waals surface area contributed by atoms with Gasteiger partial charge in [0.2, 0.25) is 0 Å². The second-order valence-corrected chi connectivity index (χ2v) is 10.4. The van der Waals surface area contributed by atoms with Crippen molar-refractivity contribution in [2.24, 2.45) is 15.7 Å². The van der Waals surface area contributed by atoms with Gasteiger partial charge in [0.15, 0.2) is 11.6 Å². The lowest BCUT2D eigenvalue weighted by atomic mass is 9.67. The Hall–Kier alpha value is -1.67. The van der Waals surface area contributed by atoms with E-state index in [0.717, 1.165) is 12.1 Å². The van der Waals surface area contributed by atoms with E-state index in [1.165, 1.54) is 6.21 Å². The normalized spacial score (nSPS) is 21.0. The van der Waals surface area contributed by atoms with Gasteiger partial charge in [-0.1, -0.05) is 18.2 Å². The Balaban J connectivity index is 2.56. The van der Waals surface area contributed by atoms with E-state index >= 15 is 0 Å². The van der Waals surface area contributed by atoms with Gasteiger partial charge in [-0.05, 0) is 33.8 Å². The second kappa shape index (κ2) is 8.37. The third kappa shape index (κ3) is 4.84. The lowest BCUT2D eigenvalue weighted by Gasteiger charge is -2.41. The van der Waals surface area contributed by atoms with Gasteiger partial charge in [0.05, 0.1) is 19.4 Å². The van der Waals surface area contributed by atoms with E-state index in [-0.39, 0.29) is 19.0 Å². The first-order valence-corrected chi connectivity index (χ1v) is 10.2. The molecular weight excluding hydrogens is 388 g/mol. The van der Waals surface area contributed by atoms with Crippen molar-refractivity contribution in [3.8, 4) is 5.75 Å². The molecular formula is C20H27F2NO4S. The Morgan fingerprint density at radius 1 is 1.43 bits per heavy atom. The average Bonchev–Trinajstić information content (AvgIpc) is 2.57. The zero-order chi connectivity index (χ0) is 21.3. The Morgan fingerprint density at radius 2 is 2.04 bits per heavy atom. The van der Waals surface area contributed by atoms with Crippen molar-refractivity contribution in [2.45, 2.75) is 52.2 Å². The molecule has 8 heteroatoms. The monoisotopic (exact) mass is 415 g/mol. The van der Waals surface area contributed by atoms with E-state index in [2.05, 4.69) is 4.40 Å². The molecule has 1 aromatic carbocycles. The quantitative estimate of drug-likeness (QED) is 0.411. The average molecular weight is 416 g/mol. The SMILES string of the molecule is CCOC(=O)C(/C=N\[S+]([O-])C(C)(C)C)C1c2cc(F)c(F)cc2OCC1(C)C. The van der Waals surface area contributed by atoms with Crippen molar-refractivity contribution in [1.29, 1.82) is 0 Å². The molecule has 0 radical (unpaired) electrons. The maximum absolute atomic E-state index is 14.0. The standard InChI is InChI=1S/C20H27F2NO4S/c1-7-26-18(24)13(10-23-28(25)19(2,3)4)17-12-8-14(21)15(22)9-16(12)27-11-20(17,5)6/h8-10,13,17H,7,11H2,1-6H3/b23-10-. The molecule has 0 bridgehead atoms. The molecule has 0 aromatic heterocycles. The fourth-order valence-electron chi connectivity index (χ4n) is 3.17. The summed E-state index contributed by atoms with van der Waals surface area (Å²) in [5.74, 6) is -3.94. The highest BCUT2D eigenvalue weighted by atomic mass is 32.2. The Labute approximate surface area is 167 Å². The third-order valence-electron chi connectivity index (χ3n) is 4.59. The summed E-state index contributed by atoms with van der Waals surface area (Å²) in [6.07, 6.45) is 1.32. The van der Waals surface area contributed by atoms with Crippen LogP contribution in [0.1, 0.15) is 53.0 Å². The molecule has 1 heterocycles. The van der Waals surface area contributed by atoms with Crippen molar-refractivity contribution < 1.29 is 27.6 Å². The number of hydrogen-bond donors (Lipinski definition) is 0. The number of ether oxygens (including phenoxy) is 2. The summed E-state index contributed by atoms with van der Waals surface area (Å²) in [5.41, 5.74) is -0.245. The highest BCUT2D eigenvalue weighted by Gasteiger charge is 2.46. The fourth-order valence-corrected chi connectivity index (χ4v) is 3.72. The first-order chi connectivity index (χ1) is 12.9. The predicted octanol–water partition coefficient (Wildman–Crippen LogP) is 4.18. The number of carbonyl (C=O) groups is 1. The Bertz CT molecular complexity index is 761. The van der Waals surface area contributed by atoms with E-state index < -0.39 is 51.0 Å². The molecule has 3 unspecified atom stereocenters. The molecule has 0 saturated carbocycles. The number of esters is 1. The number of benzene rings is 1. The summed E-state index contributed by atoms with van der Waals surface area (Å²) < 4.78 is 54.3. The van der Waals surface area contributed by atoms with Crippen LogP contribution in [-0.2, 0) is 20.9 Å². The third-order valence-corrected chi connectivity index (χ3v) is 5.95. The van der Waals surface area contributed by atoms with Crippen LogP contribution in [0.2, 0.25) is 0 Å². The Kier molecular flexibility index (Phi) is 6.76. The van der Waals surface area contributed by atoms with Crippen LogP contribution < -0.4 is 4.74 Å². The molecule has 5 nitrogen and oxygen atoms in total. The van der Waals surface area contributed by atoms with E-state index in [0.29, 0.717) is 5.56 Å². The molecule has 0 spiro atoms. The number of rotatable bonds is 5. The van der Waals surface area contributed by atoms with Gasteiger partial charge < -0.3 is 14.0 Å². The molecule has 2 rings (SSSR count). The summed E-state index contributed by atoms with van der Waals surface area (Å²) >= 11 is -1.58. The predicted molar refractivity (Wildman–Crippen MR) is 105 cm³/mol. The molecule has 0 saturated heterocycles. The maximum atomic E-state index is 14.0. The topological polar surface area (TPSA) is 71.0 Å². The van der Waals surface area contributed by atoms with Gasteiger partial charge in [0.25, 0.3) is 0 Å². The smallest absolute Gasteiger partial charge is 0.315 e. The minimum atomic E-state index is -1.58. The van der Waals surface area contributed by atoms with Gasteiger partial charge >= 0.3 is 5.97 Å². The van der Waals surface area contributed by atoms with E-state index in [9.17, 15) is 18.1 Å². The van der Waals surface area contributed by atoms with Crippen LogP contribution in [0.4, 0.5) is 8.78 Å². The fraction of sp³-hybridized carbons (Fsp3) is 0.600. The van der Waals surface area contributed by atoms with E-state index in [1.807, 2.05) is 13.8 Å². The van der Waals surface area contributed by atoms with Crippen molar-refractivity contribution >= 4 is 23.5 Å². The lowest BCUT2D eigenvalue weighted by molar-refractivity contribution is -0.147. The highest BCUT2D eigenvalue weighted by Crippen LogP contribution is 2.49. The maximum Gasteiger partial charge on any atom is 0.315 e. The molecule has 1 aliphatic heterocycles. The lowest BCUT2D eigenvalue weighted by Crippen LogP contribution is -2.42. The molecule has 28 heavy (non-hydrogen) atoms. The van der Waals surface area contributed by atoms with E-state index in [1.54, 1.807) is 27.7 Å². The van der Waals surface area contributed by atoms with Gasteiger partial charge in [0.1, 0.15) is 27.8 Å². The molecule has 156 valence electrons. The Morgan fingerprint density at radius 3 is 2.61 bits per heavy atom. The van der Waals surface area contributed by atoms with Crippen LogP contribution in [0.15, 0.2) is 16.5 Å². The summed E-state index contributed by atoms with van der Waals surface area (Å²) in [7, 11) is 0. The van der Waals surface area contributed by atoms with Crippen LogP contribution in [-0.4, -0.2) is 34.7 Å². The summed E-state index contributed by atoms with van der Waals surface area (Å²) in [6, 6.07) is 2.04. The number of hydrogen-bond acceptors (Lipinski definition) is 5. The largest absolute Gasteiger partial charge is 0.591 e. The molecule has 0 aliphatic carbocycles. The molecule has 0 N–H and O–H groups in total. The first kappa shape index (κ1) is 22.6. The van der Waals surface area contributed by atoms with Gasteiger partial charge in [-0.2, -0.15) is 0 Å². The summed E-state index contributed by atoms with van der Waals surface area (Å²) in [4.78, 5) is 12.7. The number of nitrogens with zero attached hydrogens (tertiary/aromatic N) is 1. The number of carbonyl (C=O) groups excluding carboxylic acids is 1.